The minimum absolute atomic E-state index is 0.235. The zero-order valence-corrected chi connectivity index (χ0v) is 17.6. The van der Waals surface area contributed by atoms with Gasteiger partial charge in [-0.1, -0.05) is 0 Å². The topological polar surface area (TPSA) is 76.1 Å². The normalized spacial score (nSPS) is 15.0. The molecule has 2 N–H and O–H groups in total. The first-order valence-corrected chi connectivity index (χ1v) is 10.3. The van der Waals surface area contributed by atoms with Gasteiger partial charge in [0, 0.05) is 44.0 Å². The number of aromatic nitrogens is 4. The van der Waals surface area contributed by atoms with Crippen molar-refractivity contribution in [2.75, 3.05) is 43.9 Å². The van der Waals surface area contributed by atoms with E-state index in [0.717, 1.165) is 48.8 Å². The molecular weight excluding hydrogens is 393 g/mol. The number of halogens is 1. The molecule has 158 valence electrons. The second-order valence-electron chi connectivity index (χ2n) is 7.93. The Labute approximate surface area is 180 Å². The van der Waals surface area contributed by atoms with Gasteiger partial charge in [0.2, 0.25) is 0 Å². The smallest absolute Gasteiger partial charge is 0.165 e. The SMILES string of the molecule is Cc1nc2ccc(-c3ccnc(N)c3)nc2n1-c1ccc(N2CCN(C)CC2)c(F)c1. The highest BCUT2D eigenvalue weighted by Crippen LogP contribution is 2.28. The van der Waals surface area contributed by atoms with Crippen LogP contribution in [0.4, 0.5) is 15.9 Å². The number of hydrogen-bond donors (Lipinski definition) is 1. The number of benzene rings is 1. The lowest BCUT2D eigenvalue weighted by Gasteiger charge is -2.34. The lowest BCUT2D eigenvalue weighted by molar-refractivity contribution is 0.311. The molecule has 0 radical (unpaired) electrons. The summed E-state index contributed by atoms with van der Waals surface area (Å²) >= 11 is 0. The van der Waals surface area contributed by atoms with Gasteiger partial charge in [-0.25, -0.2) is 19.3 Å². The van der Waals surface area contributed by atoms with Crippen LogP contribution in [0.15, 0.2) is 48.7 Å². The van der Waals surface area contributed by atoms with E-state index in [1.807, 2.05) is 41.8 Å². The molecule has 7 nitrogen and oxygen atoms in total. The molecular formula is C23H24FN7. The van der Waals surface area contributed by atoms with Gasteiger partial charge in [-0.15, -0.1) is 0 Å². The van der Waals surface area contributed by atoms with E-state index in [2.05, 4.69) is 26.8 Å². The van der Waals surface area contributed by atoms with Gasteiger partial charge in [-0.2, -0.15) is 0 Å². The van der Waals surface area contributed by atoms with E-state index < -0.39 is 0 Å². The van der Waals surface area contributed by atoms with Crippen molar-refractivity contribution in [3.8, 4) is 16.9 Å². The molecule has 1 aliphatic heterocycles. The lowest BCUT2D eigenvalue weighted by atomic mass is 10.1. The molecule has 4 aromatic rings. The number of imidazole rings is 1. The summed E-state index contributed by atoms with van der Waals surface area (Å²) in [5.41, 5.74) is 10.2. The van der Waals surface area contributed by atoms with Crippen LogP contribution in [0.2, 0.25) is 0 Å². The van der Waals surface area contributed by atoms with Crippen LogP contribution in [0.3, 0.4) is 0 Å². The third kappa shape index (κ3) is 3.59. The molecule has 0 bridgehead atoms. The summed E-state index contributed by atoms with van der Waals surface area (Å²) in [5, 5.41) is 0. The second kappa shape index (κ2) is 7.63. The van der Waals surface area contributed by atoms with Gasteiger partial charge < -0.3 is 15.5 Å². The van der Waals surface area contributed by atoms with E-state index in [9.17, 15) is 0 Å². The van der Waals surface area contributed by atoms with Gasteiger partial charge >= 0.3 is 0 Å². The van der Waals surface area contributed by atoms with Crippen molar-refractivity contribution in [2.45, 2.75) is 6.92 Å². The Bertz CT molecular complexity index is 1260. The van der Waals surface area contributed by atoms with Crippen LogP contribution in [0.5, 0.6) is 0 Å². The Morgan fingerprint density at radius 1 is 0.968 bits per heavy atom. The molecule has 1 saturated heterocycles. The fourth-order valence-corrected chi connectivity index (χ4v) is 4.09. The zero-order valence-electron chi connectivity index (χ0n) is 17.6. The molecule has 31 heavy (non-hydrogen) atoms. The monoisotopic (exact) mass is 417 g/mol. The van der Waals surface area contributed by atoms with E-state index in [-0.39, 0.29) is 5.82 Å². The Morgan fingerprint density at radius 3 is 2.52 bits per heavy atom. The van der Waals surface area contributed by atoms with Crippen LogP contribution >= 0.6 is 0 Å². The van der Waals surface area contributed by atoms with E-state index in [1.165, 1.54) is 0 Å². The third-order valence-corrected chi connectivity index (χ3v) is 5.78. The van der Waals surface area contributed by atoms with Crippen molar-refractivity contribution in [1.82, 2.24) is 24.4 Å². The molecule has 0 spiro atoms. The summed E-state index contributed by atoms with van der Waals surface area (Å²) in [6.45, 7) is 5.40. The number of anilines is 2. The van der Waals surface area contributed by atoms with Crippen LogP contribution in [0, 0.1) is 12.7 Å². The average Bonchev–Trinajstić information content (AvgIpc) is 3.09. The Balaban J connectivity index is 1.56. The van der Waals surface area contributed by atoms with Crippen molar-refractivity contribution < 1.29 is 4.39 Å². The summed E-state index contributed by atoms with van der Waals surface area (Å²) in [5.74, 6) is 0.952. The van der Waals surface area contributed by atoms with Crippen LogP contribution in [-0.2, 0) is 0 Å². The lowest BCUT2D eigenvalue weighted by Crippen LogP contribution is -2.44. The fourth-order valence-electron chi connectivity index (χ4n) is 4.09. The molecule has 1 fully saturated rings. The summed E-state index contributed by atoms with van der Waals surface area (Å²) in [7, 11) is 2.09. The molecule has 0 unspecified atom stereocenters. The van der Waals surface area contributed by atoms with Gasteiger partial charge in [-0.05, 0) is 50.4 Å². The van der Waals surface area contributed by atoms with E-state index in [4.69, 9.17) is 10.7 Å². The van der Waals surface area contributed by atoms with Crippen LogP contribution < -0.4 is 10.6 Å². The molecule has 3 aromatic heterocycles. The first kappa shape index (κ1) is 19.4. The van der Waals surface area contributed by atoms with Gasteiger partial charge in [0.25, 0.3) is 0 Å². The first-order chi connectivity index (χ1) is 15.0. The highest BCUT2D eigenvalue weighted by molar-refractivity contribution is 5.78. The standard InChI is InChI=1S/C23H24FN7/c1-15-27-20-5-4-19(16-7-8-26-22(25)13-16)28-23(20)31(15)17-3-6-21(18(24)14-17)30-11-9-29(2)10-12-30/h3-8,13-14H,9-12H2,1-2H3,(H2,25,26). The largest absolute Gasteiger partial charge is 0.384 e. The van der Waals surface area contributed by atoms with Crippen molar-refractivity contribution in [1.29, 1.82) is 0 Å². The summed E-state index contributed by atoms with van der Waals surface area (Å²) in [6, 6.07) is 12.8. The van der Waals surface area contributed by atoms with E-state index in [0.29, 0.717) is 22.8 Å². The predicted octanol–water partition coefficient (Wildman–Crippen LogP) is 3.26. The Hall–Kier alpha value is -3.52. The van der Waals surface area contributed by atoms with Gasteiger partial charge in [-0.3, -0.25) is 4.57 Å². The number of rotatable bonds is 3. The van der Waals surface area contributed by atoms with Crippen LogP contribution in [-0.4, -0.2) is 57.6 Å². The number of hydrogen-bond acceptors (Lipinski definition) is 6. The summed E-state index contributed by atoms with van der Waals surface area (Å²) in [6.07, 6.45) is 1.66. The quantitative estimate of drug-likeness (QED) is 0.551. The van der Waals surface area contributed by atoms with Gasteiger partial charge in [0.05, 0.1) is 17.1 Å². The molecule has 1 aliphatic rings. The van der Waals surface area contributed by atoms with E-state index >= 15 is 4.39 Å². The number of piperazine rings is 1. The molecule has 0 atom stereocenters. The second-order valence-corrected chi connectivity index (χ2v) is 7.93. The molecule has 8 heteroatoms. The third-order valence-electron chi connectivity index (χ3n) is 5.78. The van der Waals surface area contributed by atoms with Crippen molar-refractivity contribution >= 4 is 22.7 Å². The molecule has 0 aliphatic carbocycles. The predicted molar refractivity (Wildman–Crippen MR) is 121 cm³/mol. The van der Waals surface area contributed by atoms with Gasteiger partial charge in [0.1, 0.15) is 23.0 Å². The maximum atomic E-state index is 15.1. The first-order valence-electron chi connectivity index (χ1n) is 10.3. The minimum atomic E-state index is -0.235. The zero-order chi connectivity index (χ0) is 21.5. The number of pyridine rings is 2. The molecule has 0 saturated carbocycles. The molecule has 0 amide bonds. The van der Waals surface area contributed by atoms with Crippen LogP contribution in [0.25, 0.3) is 28.1 Å². The van der Waals surface area contributed by atoms with Gasteiger partial charge in [0.15, 0.2) is 5.65 Å². The average molecular weight is 417 g/mol. The van der Waals surface area contributed by atoms with Crippen molar-refractivity contribution in [3.63, 3.8) is 0 Å². The minimum Gasteiger partial charge on any atom is -0.384 e. The Kier molecular flexibility index (Phi) is 4.78. The highest BCUT2D eigenvalue weighted by atomic mass is 19.1. The molecule has 5 rings (SSSR count). The molecule has 4 heterocycles. The van der Waals surface area contributed by atoms with Crippen molar-refractivity contribution in [2.24, 2.45) is 0 Å². The number of nitrogens with two attached hydrogens (primary N) is 1. The highest BCUT2D eigenvalue weighted by Gasteiger charge is 2.19. The summed E-state index contributed by atoms with van der Waals surface area (Å²) < 4.78 is 17.0. The fraction of sp³-hybridized carbons (Fsp3) is 0.261. The van der Waals surface area contributed by atoms with Crippen LogP contribution in [0.1, 0.15) is 5.82 Å². The van der Waals surface area contributed by atoms with Crippen molar-refractivity contribution in [3.05, 3.63) is 60.3 Å². The number of nitrogens with zero attached hydrogens (tertiary/aromatic N) is 6. The maximum Gasteiger partial charge on any atom is 0.165 e. The maximum absolute atomic E-state index is 15.1. The Morgan fingerprint density at radius 2 is 1.77 bits per heavy atom. The number of aryl methyl sites for hydroxylation is 1. The summed E-state index contributed by atoms with van der Waals surface area (Å²) in [4.78, 5) is 17.8. The number of fused-ring (bicyclic) bond motifs is 1. The number of nitrogen functional groups attached to an aromatic ring is 1. The molecule has 1 aromatic carbocycles. The van der Waals surface area contributed by atoms with E-state index in [1.54, 1.807) is 18.3 Å². The number of likely N-dealkylation sites (N-methyl/N-ethyl adjacent to an activating group) is 1.